The predicted molar refractivity (Wildman–Crippen MR) is 133 cm³/mol. The molecule has 0 radical (unpaired) electrons. The second-order valence-electron chi connectivity index (χ2n) is 9.22. The van der Waals surface area contributed by atoms with Gasteiger partial charge in [-0.05, 0) is 67.7 Å². The zero-order chi connectivity index (χ0) is 24.9. The standard InChI is InChI=1S/C28H31NO6/c1-3-19-13-23-22(20-7-5-4-6-8-20)14-26(30)35-25(23)15-24(19)34-17(2)27(31)29-16-18-9-11-21(12-10-18)28(32)33/h4-8,13-15,17-18,21H,3,9-12,16H2,1-2H3,(H,29,31)(H,32,33)/t17-,18?,21?/m0/s1. The lowest BCUT2D eigenvalue weighted by molar-refractivity contribution is -0.143. The molecule has 0 unspecified atom stereocenters. The Bertz CT molecular complexity index is 1260. The average molecular weight is 478 g/mol. The predicted octanol–water partition coefficient (Wildman–Crippen LogP) is 4.80. The molecule has 3 aromatic rings. The topological polar surface area (TPSA) is 106 Å². The summed E-state index contributed by atoms with van der Waals surface area (Å²) >= 11 is 0. The van der Waals surface area contributed by atoms with Crippen LogP contribution in [0, 0.1) is 11.8 Å². The molecule has 1 aliphatic rings. The van der Waals surface area contributed by atoms with E-state index in [1.54, 1.807) is 13.0 Å². The molecular weight excluding hydrogens is 446 g/mol. The third-order valence-corrected chi connectivity index (χ3v) is 6.83. The van der Waals surface area contributed by atoms with Gasteiger partial charge >= 0.3 is 11.6 Å². The van der Waals surface area contributed by atoms with Gasteiger partial charge in [0.15, 0.2) is 6.10 Å². The maximum Gasteiger partial charge on any atom is 0.336 e. The van der Waals surface area contributed by atoms with Crippen LogP contribution < -0.4 is 15.7 Å². The lowest BCUT2D eigenvalue weighted by Gasteiger charge is -2.26. The highest BCUT2D eigenvalue weighted by molar-refractivity contribution is 5.94. The largest absolute Gasteiger partial charge is 0.481 e. The minimum absolute atomic E-state index is 0.230. The maximum atomic E-state index is 12.7. The van der Waals surface area contributed by atoms with Crippen molar-refractivity contribution in [2.24, 2.45) is 11.8 Å². The van der Waals surface area contributed by atoms with Gasteiger partial charge in [0.2, 0.25) is 0 Å². The maximum absolute atomic E-state index is 12.7. The molecule has 1 saturated carbocycles. The first-order chi connectivity index (χ1) is 16.9. The molecule has 1 atom stereocenters. The quantitative estimate of drug-likeness (QED) is 0.452. The Kier molecular flexibility index (Phi) is 7.54. The van der Waals surface area contributed by atoms with Gasteiger partial charge in [-0.15, -0.1) is 0 Å². The summed E-state index contributed by atoms with van der Waals surface area (Å²) in [6.07, 6.45) is 2.82. The zero-order valence-electron chi connectivity index (χ0n) is 20.1. The van der Waals surface area contributed by atoms with Crippen LogP contribution in [-0.2, 0) is 16.0 Å². The van der Waals surface area contributed by atoms with E-state index in [2.05, 4.69) is 5.32 Å². The molecule has 0 saturated heterocycles. The molecule has 4 rings (SSSR count). The second kappa shape index (κ2) is 10.8. The fraction of sp³-hybridized carbons (Fsp3) is 0.393. The Balaban J connectivity index is 1.48. The van der Waals surface area contributed by atoms with Crippen LogP contribution in [0.1, 0.15) is 45.1 Å². The Morgan fingerprint density at radius 2 is 1.83 bits per heavy atom. The van der Waals surface area contributed by atoms with Gasteiger partial charge in [0.05, 0.1) is 5.92 Å². The highest BCUT2D eigenvalue weighted by Gasteiger charge is 2.27. The van der Waals surface area contributed by atoms with Gasteiger partial charge in [0, 0.05) is 24.1 Å². The Morgan fingerprint density at radius 3 is 2.49 bits per heavy atom. The molecule has 0 bridgehead atoms. The van der Waals surface area contributed by atoms with E-state index in [1.165, 1.54) is 6.07 Å². The minimum atomic E-state index is -0.739. The van der Waals surface area contributed by atoms with Gasteiger partial charge in [0.1, 0.15) is 11.3 Å². The highest BCUT2D eigenvalue weighted by Crippen LogP contribution is 2.33. The number of rotatable bonds is 8. The van der Waals surface area contributed by atoms with Gasteiger partial charge in [-0.2, -0.15) is 0 Å². The Morgan fingerprint density at radius 1 is 1.11 bits per heavy atom. The number of nitrogens with one attached hydrogen (secondary N) is 1. The number of hydrogen-bond acceptors (Lipinski definition) is 5. The summed E-state index contributed by atoms with van der Waals surface area (Å²) in [5, 5.41) is 12.9. The van der Waals surface area contributed by atoms with Gasteiger partial charge in [-0.25, -0.2) is 4.79 Å². The molecule has 2 aromatic carbocycles. The highest BCUT2D eigenvalue weighted by atomic mass is 16.5. The molecule has 35 heavy (non-hydrogen) atoms. The minimum Gasteiger partial charge on any atom is -0.481 e. The van der Waals surface area contributed by atoms with E-state index in [4.69, 9.17) is 14.3 Å². The molecule has 1 heterocycles. The number of ether oxygens (including phenoxy) is 1. The van der Waals surface area contributed by atoms with Gasteiger partial charge in [0.25, 0.3) is 5.91 Å². The van der Waals surface area contributed by atoms with E-state index in [-0.39, 0.29) is 17.7 Å². The first-order valence-electron chi connectivity index (χ1n) is 12.2. The van der Waals surface area contributed by atoms with Crippen molar-refractivity contribution >= 4 is 22.8 Å². The van der Waals surface area contributed by atoms with E-state index >= 15 is 0 Å². The van der Waals surface area contributed by atoms with Crippen molar-refractivity contribution in [3.05, 3.63) is 64.5 Å². The van der Waals surface area contributed by atoms with Crippen molar-refractivity contribution in [3.8, 4) is 16.9 Å². The monoisotopic (exact) mass is 477 g/mol. The number of carboxylic acids is 1. The van der Waals surface area contributed by atoms with Crippen LogP contribution in [0.4, 0.5) is 0 Å². The molecule has 1 amide bonds. The molecule has 1 aliphatic carbocycles. The molecule has 2 N–H and O–H groups in total. The molecular formula is C28H31NO6. The van der Waals surface area contributed by atoms with Crippen LogP contribution in [-0.4, -0.2) is 29.6 Å². The van der Waals surface area contributed by atoms with Crippen LogP contribution in [0.25, 0.3) is 22.1 Å². The van der Waals surface area contributed by atoms with Crippen LogP contribution in [0.15, 0.2) is 57.7 Å². The van der Waals surface area contributed by atoms with Crippen molar-refractivity contribution in [2.45, 2.75) is 52.1 Å². The third kappa shape index (κ3) is 5.73. The summed E-state index contributed by atoms with van der Waals surface area (Å²) in [4.78, 5) is 36.1. The van der Waals surface area contributed by atoms with E-state index < -0.39 is 17.7 Å². The smallest absolute Gasteiger partial charge is 0.336 e. The zero-order valence-corrected chi connectivity index (χ0v) is 20.1. The number of carboxylic acid groups (broad SMARTS) is 1. The third-order valence-electron chi connectivity index (χ3n) is 6.83. The lowest BCUT2D eigenvalue weighted by Crippen LogP contribution is -2.39. The van der Waals surface area contributed by atoms with Gasteiger partial charge in [-0.3, -0.25) is 9.59 Å². The number of aryl methyl sites for hydroxylation is 1. The van der Waals surface area contributed by atoms with Crippen molar-refractivity contribution in [1.29, 1.82) is 0 Å². The number of fused-ring (bicyclic) bond motifs is 1. The van der Waals surface area contributed by atoms with Crippen molar-refractivity contribution < 1.29 is 23.8 Å². The number of amides is 1. The van der Waals surface area contributed by atoms with Gasteiger partial charge in [-0.1, -0.05) is 37.3 Å². The number of carbonyl (C=O) groups is 2. The van der Waals surface area contributed by atoms with Gasteiger partial charge < -0.3 is 19.6 Å². The van der Waals surface area contributed by atoms with Crippen LogP contribution in [0.3, 0.4) is 0 Å². The first kappa shape index (κ1) is 24.5. The fourth-order valence-corrected chi connectivity index (χ4v) is 4.72. The van der Waals surface area contributed by atoms with E-state index in [0.29, 0.717) is 37.1 Å². The van der Waals surface area contributed by atoms with Crippen LogP contribution >= 0.6 is 0 Å². The average Bonchev–Trinajstić information content (AvgIpc) is 2.87. The summed E-state index contributed by atoms with van der Waals surface area (Å²) in [6, 6.07) is 14.8. The number of aliphatic carboxylic acids is 1. The van der Waals surface area contributed by atoms with E-state index in [1.807, 2.05) is 43.3 Å². The van der Waals surface area contributed by atoms with Crippen molar-refractivity contribution in [1.82, 2.24) is 5.32 Å². The molecule has 1 fully saturated rings. The summed E-state index contributed by atoms with van der Waals surface area (Å²) in [6.45, 7) is 4.21. The molecule has 0 spiro atoms. The SMILES string of the molecule is CCc1cc2c(-c3ccccc3)cc(=O)oc2cc1O[C@@H](C)C(=O)NCC1CCC(C(=O)O)CC1. The molecule has 184 valence electrons. The molecule has 0 aliphatic heterocycles. The molecule has 7 nitrogen and oxygen atoms in total. The number of hydrogen-bond donors (Lipinski definition) is 2. The molecule has 7 heteroatoms. The fourth-order valence-electron chi connectivity index (χ4n) is 4.72. The second-order valence-corrected chi connectivity index (χ2v) is 9.22. The first-order valence-corrected chi connectivity index (χ1v) is 12.2. The van der Waals surface area contributed by atoms with Crippen LogP contribution in [0.5, 0.6) is 5.75 Å². The Hall–Kier alpha value is -3.61. The summed E-state index contributed by atoms with van der Waals surface area (Å²) < 4.78 is 11.5. The normalized spacial score (nSPS) is 18.7. The summed E-state index contributed by atoms with van der Waals surface area (Å²) in [7, 11) is 0. The number of carbonyl (C=O) groups excluding carboxylic acids is 1. The Labute approximate surface area is 204 Å². The van der Waals surface area contributed by atoms with E-state index in [0.717, 1.165) is 34.9 Å². The number of benzene rings is 2. The van der Waals surface area contributed by atoms with Crippen molar-refractivity contribution in [2.75, 3.05) is 6.54 Å². The summed E-state index contributed by atoms with van der Waals surface area (Å²) in [5.74, 6) is -0.445. The van der Waals surface area contributed by atoms with Crippen LogP contribution in [0.2, 0.25) is 0 Å². The summed E-state index contributed by atoms with van der Waals surface area (Å²) in [5.41, 5.74) is 2.59. The van der Waals surface area contributed by atoms with E-state index in [9.17, 15) is 14.4 Å². The lowest BCUT2D eigenvalue weighted by atomic mass is 9.82. The molecule has 1 aromatic heterocycles. The van der Waals surface area contributed by atoms with Crippen molar-refractivity contribution in [3.63, 3.8) is 0 Å².